The van der Waals surface area contributed by atoms with Crippen LogP contribution in [0.1, 0.15) is 40.7 Å². The van der Waals surface area contributed by atoms with Crippen molar-refractivity contribution in [1.82, 2.24) is 0 Å². The molecule has 2 heterocycles. The molecule has 152 valence electrons. The Hall–Kier alpha value is -2.54. The minimum atomic E-state index is -4.42. The normalized spacial score (nSPS) is 16.9. The summed E-state index contributed by atoms with van der Waals surface area (Å²) in [5.74, 6) is -0.366. The van der Waals surface area contributed by atoms with Crippen LogP contribution in [0.15, 0.2) is 36.4 Å². The molecule has 0 unspecified atom stereocenters. The van der Waals surface area contributed by atoms with Crippen LogP contribution in [0.5, 0.6) is 0 Å². The lowest BCUT2D eigenvalue weighted by atomic mass is 9.98. The predicted molar refractivity (Wildman–Crippen MR) is 104 cm³/mol. The third kappa shape index (κ3) is 3.71. The number of amides is 2. The Bertz CT molecular complexity index is 990. The van der Waals surface area contributed by atoms with E-state index in [2.05, 4.69) is 0 Å². The highest BCUT2D eigenvalue weighted by molar-refractivity contribution is 6.34. The lowest BCUT2D eigenvalue weighted by Gasteiger charge is -2.30. The molecule has 0 atom stereocenters. The highest BCUT2D eigenvalue weighted by atomic mass is 35.5. The van der Waals surface area contributed by atoms with E-state index >= 15 is 0 Å². The number of halogens is 4. The molecule has 0 bridgehead atoms. The summed E-state index contributed by atoms with van der Waals surface area (Å²) >= 11 is 6.25. The summed E-state index contributed by atoms with van der Waals surface area (Å²) in [6, 6.07) is 8.22. The van der Waals surface area contributed by atoms with Gasteiger partial charge in [-0.2, -0.15) is 13.2 Å². The molecule has 1 saturated heterocycles. The fourth-order valence-electron chi connectivity index (χ4n) is 3.90. The molecule has 2 aliphatic rings. The summed E-state index contributed by atoms with van der Waals surface area (Å²) in [5, 5.41) is 0.380. The first-order chi connectivity index (χ1) is 13.8. The smallest absolute Gasteiger partial charge is 0.311 e. The predicted octanol–water partition coefficient (Wildman–Crippen LogP) is 5.08. The van der Waals surface area contributed by atoms with E-state index in [9.17, 15) is 22.8 Å². The summed E-state index contributed by atoms with van der Waals surface area (Å²) in [4.78, 5) is 28.3. The number of alkyl halides is 3. The van der Waals surface area contributed by atoms with Crippen molar-refractivity contribution in [2.45, 2.75) is 31.9 Å². The van der Waals surface area contributed by atoms with Gasteiger partial charge in [0.2, 0.25) is 5.91 Å². The molecule has 0 saturated carbocycles. The first-order valence-corrected chi connectivity index (χ1v) is 9.75. The van der Waals surface area contributed by atoms with Gasteiger partial charge < -0.3 is 9.80 Å². The minimum Gasteiger partial charge on any atom is -0.311 e. The second-order valence-electron chi connectivity index (χ2n) is 7.22. The number of rotatable bonds is 2. The van der Waals surface area contributed by atoms with Crippen LogP contribution in [0, 0.1) is 0 Å². The standard InChI is InChI=1S/C21H18ClF3N2O2/c22-16-7-5-14(12-18(16)26-9-2-4-19(26)28)20(29)27-10-1-3-13-11-15(21(23,24)25)6-8-17(13)27/h5-8,11-12H,1-4,9-10H2. The number of carbonyl (C=O) groups is 2. The third-order valence-corrected chi connectivity index (χ3v) is 5.65. The zero-order valence-electron chi connectivity index (χ0n) is 15.4. The Labute approximate surface area is 170 Å². The van der Waals surface area contributed by atoms with E-state index in [-0.39, 0.29) is 11.8 Å². The fourth-order valence-corrected chi connectivity index (χ4v) is 4.12. The number of fused-ring (bicyclic) bond motifs is 1. The summed E-state index contributed by atoms with van der Waals surface area (Å²) in [5.41, 5.74) is 1.11. The van der Waals surface area contributed by atoms with Crippen LogP contribution in [0.25, 0.3) is 0 Å². The number of nitrogens with zero attached hydrogens (tertiary/aromatic N) is 2. The number of aryl methyl sites for hydroxylation is 1. The Morgan fingerprint density at radius 1 is 0.966 bits per heavy atom. The van der Waals surface area contributed by atoms with Gasteiger partial charge in [0.1, 0.15) is 0 Å². The van der Waals surface area contributed by atoms with Gasteiger partial charge in [-0.05, 0) is 61.2 Å². The number of benzene rings is 2. The number of hydrogen-bond acceptors (Lipinski definition) is 2. The average molecular weight is 423 g/mol. The average Bonchev–Trinajstić information content (AvgIpc) is 3.12. The summed E-state index contributed by atoms with van der Waals surface area (Å²) < 4.78 is 39.0. The van der Waals surface area contributed by atoms with E-state index in [0.29, 0.717) is 59.9 Å². The van der Waals surface area contributed by atoms with Gasteiger partial charge in [-0.3, -0.25) is 9.59 Å². The van der Waals surface area contributed by atoms with Crippen LogP contribution in [0.3, 0.4) is 0 Å². The van der Waals surface area contributed by atoms with Crippen LogP contribution in [-0.4, -0.2) is 24.9 Å². The van der Waals surface area contributed by atoms with E-state index < -0.39 is 11.7 Å². The lowest BCUT2D eigenvalue weighted by Crippen LogP contribution is -2.36. The van der Waals surface area contributed by atoms with Crippen molar-refractivity contribution in [1.29, 1.82) is 0 Å². The molecule has 29 heavy (non-hydrogen) atoms. The number of carbonyl (C=O) groups excluding carboxylic acids is 2. The molecule has 0 N–H and O–H groups in total. The Morgan fingerprint density at radius 2 is 1.72 bits per heavy atom. The SMILES string of the molecule is O=C1CCCN1c1cc(C(=O)N2CCCc3cc(C(F)(F)F)ccc32)ccc1Cl. The van der Waals surface area contributed by atoms with Crippen LogP contribution in [0.2, 0.25) is 5.02 Å². The molecule has 4 rings (SSSR count). The second-order valence-corrected chi connectivity index (χ2v) is 7.62. The van der Waals surface area contributed by atoms with Crippen molar-refractivity contribution in [2.24, 2.45) is 0 Å². The second kappa shape index (κ2) is 7.37. The maximum absolute atomic E-state index is 13.2. The van der Waals surface area contributed by atoms with Gasteiger partial charge in [0.05, 0.1) is 16.3 Å². The van der Waals surface area contributed by atoms with E-state index in [1.54, 1.807) is 23.1 Å². The van der Waals surface area contributed by atoms with Crippen molar-refractivity contribution in [2.75, 3.05) is 22.9 Å². The molecule has 4 nitrogen and oxygen atoms in total. The van der Waals surface area contributed by atoms with Crippen molar-refractivity contribution in [3.05, 3.63) is 58.1 Å². The van der Waals surface area contributed by atoms with Gasteiger partial charge in [-0.15, -0.1) is 0 Å². The molecule has 0 aliphatic carbocycles. The summed E-state index contributed by atoms with van der Waals surface area (Å²) in [6.45, 7) is 0.959. The Balaban J connectivity index is 1.67. The van der Waals surface area contributed by atoms with Crippen LogP contribution < -0.4 is 9.80 Å². The molecule has 2 aromatic rings. The topological polar surface area (TPSA) is 40.6 Å². The van der Waals surface area contributed by atoms with Gasteiger partial charge in [0.15, 0.2) is 0 Å². The van der Waals surface area contributed by atoms with Crippen LogP contribution in [-0.2, 0) is 17.4 Å². The molecule has 2 aliphatic heterocycles. The number of anilines is 2. The molecule has 0 aromatic heterocycles. The lowest BCUT2D eigenvalue weighted by molar-refractivity contribution is -0.137. The number of hydrogen-bond donors (Lipinski definition) is 0. The van der Waals surface area contributed by atoms with E-state index in [0.717, 1.165) is 18.6 Å². The van der Waals surface area contributed by atoms with Crippen molar-refractivity contribution < 1.29 is 22.8 Å². The van der Waals surface area contributed by atoms with Crippen LogP contribution >= 0.6 is 11.6 Å². The van der Waals surface area contributed by atoms with Gasteiger partial charge in [-0.1, -0.05) is 11.6 Å². The third-order valence-electron chi connectivity index (χ3n) is 5.33. The molecular formula is C21H18ClF3N2O2. The molecule has 8 heteroatoms. The van der Waals surface area contributed by atoms with Crippen molar-refractivity contribution in [3.63, 3.8) is 0 Å². The monoisotopic (exact) mass is 422 g/mol. The molecular weight excluding hydrogens is 405 g/mol. The molecule has 1 fully saturated rings. The zero-order valence-corrected chi connectivity index (χ0v) is 16.2. The molecule has 2 aromatic carbocycles. The van der Waals surface area contributed by atoms with Gasteiger partial charge in [0, 0.05) is 30.8 Å². The molecule has 2 amide bonds. The van der Waals surface area contributed by atoms with Gasteiger partial charge in [0.25, 0.3) is 5.91 Å². The first kappa shape index (κ1) is 19.8. The Morgan fingerprint density at radius 3 is 2.41 bits per heavy atom. The van der Waals surface area contributed by atoms with Gasteiger partial charge >= 0.3 is 6.18 Å². The maximum atomic E-state index is 13.2. The highest BCUT2D eigenvalue weighted by Crippen LogP contribution is 2.36. The summed E-state index contributed by atoms with van der Waals surface area (Å²) in [6.07, 6.45) is -2.19. The van der Waals surface area contributed by atoms with E-state index in [4.69, 9.17) is 11.6 Å². The zero-order chi connectivity index (χ0) is 20.8. The molecule has 0 spiro atoms. The van der Waals surface area contributed by atoms with E-state index in [1.165, 1.54) is 11.0 Å². The van der Waals surface area contributed by atoms with Gasteiger partial charge in [-0.25, -0.2) is 0 Å². The van der Waals surface area contributed by atoms with Crippen molar-refractivity contribution >= 4 is 34.8 Å². The maximum Gasteiger partial charge on any atom is 0.416 e. The fraction of sp³-hybridized carbons (Fsp3) is 0.333. The summed E-state index contributed by atoms with van der Waals surface area (Å²) in [7, 11) is 0. The van der Waals surface area contributed by atoms with Crippen LogP contribution in [0.4, 0.5) is 24.5 Å². The first-order valence-electron chi connectivity index (χ1n) is 9.37. The van der Waals surface area contributed by atoms with E-state index in [1.807, 2.05) is 0 Å². The Kier molecular flexibility index (Phi) is 5.02. The largest absolute Gasteiger partial charge is 0.416 e. The minimum absolute atomic E-state index is 0.0421. The highest BCUT2D eigenvalue weighted by Gasteiger charge is 2.33. The quantitative estimate of drug-likeness (QED) is 0.677. The molecule has 0 radical (unpaired) electrons. The van der Waals surface area contributed by atoms with Crippen molar-refractivity contribution in [3.8, 4) is 0 Å².